The topological polar surface area (TPSA) is 46.2 Å². The van der Waals surface area contributed by atoms with Crippen molar-refractivity contribution in [2.75, 3.05) is 10.5 Å². The highest BCUT2D eigenvalue weighted by molar-refractivity contribution is 14.1. The van der Waals surface area contributed by atoms with E-state index in [1.807, 2.05) is 0 Å². The summed E-state index contributed by atoms with van der Waals surface area (Å²) in [7, 11) is -3.24. The fourth-order valence-corrected chi connectivity index (χ4v) is 2.43. The Bertz CT molecular complexity index is 433. The highest BCUT2D eigenvalue weighted by Gasteiger charge is 2.09. The lowest BCUT2D eigenvalue weighted by Gasteiger charge is -2.07. The Labute approximate surface area is 102 Å². The van der Waals surface area contributed by atoms with Crippen LogP contribution in [0.1, 0.15) is 6.92 Å². The Morgan fingerprint density at radius 3 is 2.64 bits per heavy atom. The van der Waals surface area contributed by atoms with Gasteiger partial charge in [-0.3, -0.25) is 4.72 Å². The Kier molecular flexibility index (Phi) is 4.03. The van der Waals surface area contributed by atoms with E-state index in [-0.39, 0.29) is 5.75 Å². The quantitative estimate of drug-likeness (QED) is 0.856. The lowest BCUT2D eigenvalue weighted by Crippen LogP contribution is -2.14. The van der Waals surface area contributed by atoms with E-state index < -0.39 is 10.0 Å². The molecular weight excluding hydrogens is 337 g/mol. The minimum atomic E-state index is -3.24. The summed E-state index contributed by atoms with van der Waals surface area (Å²) in [5.74, 6) is 0.0370. The Hall–Kier alpha value is -0.0100. The van der Waals surface area contributed by atoms with Crippen LogP contribution >= 0.6 is 34.2 Å². The second-order valence-corrected chi connectivity index (χ2v) is 6.29. The number of hydrogen-bond donors (Lipinski definition) is 1. The molecule has 14 heavy (non-hydrogen) atoms. The number of rotatable bonds is 3. The Balaban J connectivity index is 2.99. The monoisotopic (exact) mass is 345 g/mol. The third kappa shape index (κ3) is 3.29. The van der Waals surface area contributed by atoms with Crippen LogP contribution < -0.4 is 4.72 Å². The minimum absolute atomic E-state index is 0.0370. The lowest BCUT2D eigenvalue weighted by molar-refractivity contribution is 0.602. The molecular formula is C8H9ClINO2S. The van der Waals surface area contributed by atoms with Gasteiger partial charge in [0.15, 0.2) is 0 Å². The molecule has 0 saturated heterocycles. The highest BCUT2D eigenvalue weighted by atomic mass is 127. The maximum absolute atomic E-state index is 11.2. The van der Waals surface area contributed by atoms with E-state index >= 15 is 0 Å². The minimum Gasteiger partial charge on any atom is -0.282 e. The fourth-order valence-electron chi connectivity index (χ4n) is 0.812. The number of halogens is 2. The maximum Gasteiger partial charge on any atom is 0.232 e. The van der Waals surface area contributed by atoms with Crippen molar-refractivity contribution in [2.45, 2.75) is 6.92 Å². The van der Waals surface area contributed by atoms with Crippen LogP contribution in [-0.2, 0) is 10.0 Å². The number of benzene rings is 1. The fraction of sp³-hybridized carbons (Fsp3) is 0.250. The van der Waals surface area contributed by atoms with Gasteiger partial charge in [0.05, 0.1) is 16.5 Å². The molecule has 6 heteroatoms. The average molecular weight is 346 g/mol. The molecule has 3 nitrogen and oxygen atoms in total. The molecule has 0 radical (unpaired) electrons. The molecule has 0 amide bonds. The highest BCUT2D eigenvalue weighted by Crippen LogP contribution is 2.24. The van der Waals surface area contributed by atoms with E-state index in [2.05, 4.69) is 27.3 Å². The lowest BCUT2D eigenvalue weighted by atomic mass is 10.3. The molecule has 0 aliphatic carbocycles. The third-order valence-electron chi connectivity index (χ3n) is 1.58. The zero-order valence-electron chi connectivity index (χ0n) is 7.42. The number of hydrogen-bond acceptors (Lipinski definition) is 2. The van der Waals surface area contributed by atoms with Crippen LogP contribution in [0, 0.1) is 3.57 Å². The number of sulfonamides is 1. The molecule has 1 N–H and O–H groups in total. The number of anilines is 1. The molecule has 0 aromatic heterocycles. The van der Waals surface area contributed by atoms with E-state index in [9.17, 15) is 8.42 Å². The summed E-state index contributed by atoms with van der Waals surface area (Å²) in [6.07, 6.45) is 0. The first-order valence-electron chi connectivity index (χ1n) is 3.90. The van der Waals surface area contributed by atoms with Crippen molar-refractivity contribution in [3.8, 4) is 0 Å². The van der Waals surface area contributed by atoms with Crippen molar-refractivity contribution in [2.24, 2.45) is 0 Å². The summed E-state index contributed by atoms with van der Waals surface area (Å²) < 4.78 is 25.8. The van der Waals surface area contributed by atoms with Crippen LogP contribution in [0.25, 0.3) is 0 Å². The average Bonchev–Trinajstić information content (AvgIpc) is 2.10. The summed E-state index contributed by atoms with van der Waals surface area (Å²) in [5, 5.41) is 0.411. The van der Waals surface area contributed by atoms with Crippen LogP contribution in [0.2, 0.25) is 5.02 Å². The van der Waals surface area contributed by atoms with Gasteiger partial charge in [-0.05, 0) is 47.7 Å². The predicted molar refractivity (Wildman–Crippen MR) is 67.3 cm³/mol. The Morgan fingerprint density at radius 1 is 1.50 bits per heavy atom. The largest absolute Gasteiger partial charge is 0.282 e. The van der Waals surface area contributed by atoms with E-state index in [1.54, 1.807) is 25.1 Å². The Morgan fingerprint density at radius 2 is 2.14 bits per heavy atom. The van der Waals surface area contributed by atoms with Gasteiger partial charge >= 0.3 is 0 Å². The summed E-state index contributed by atoms with van der Waals surface area (Å²) >= 11 is 7.97. The first-order valence-corrected chi connectivity index (χ1v) is 7.01. The van der Waals surface area contributed by atoms with Crippen LogP contribution in [0.3, 0.4) is 0 Å². The number of nitrogens with one attached hydrogen (secondary N) is 1. The first kappa shape index (κ1) is 12.1. The maximum atomic E-state index is 11.2. The molecule has 78 valence electrons. The molecule has 0 fully saturated rings. The van der Waals surface area contributed by atoms with Gasteiger partial charge in [-0.15, -0.1) is 0 Å². The molecule has 0 bridgehead atoms. The van der Waals surface area contributed by atoms with Gasteiger partial charge in [-0.1, -0.05) is 11.6 Å². The van der Waals surface area contributed by atoms with Crippen molar-refractivity contribution < 1.29 is 8.42 Å². The van der Waals surface area contributed by atoms with Crippen molar-refractivity contribution in [1.82, 2.24) is 0 Å². The van der Waals surface area contributed by atoms with E-state index in [0.717, 1.165) is 3.57 Å². The zero-order valence-corrected chi connectivity index (χ0v) is 11.1. The van der Waals surface area contributed by atoms with Crippen molar-refractivity contribution in [1.29, 1.82) is 0 Å². The molecule has 0 aliphatic heterocycles. The van der Waals surface area contributed by atoms with Gasteiger partial charge in [-0.25, -0.2) is 8.42 Å². The first-order chi connectivity index (χ1) is 6.44. The summed E-state index contributed by atoms with van der Waals surface area (Å²) in [6, 6.07) is 5.15. The second kappa shape index (κ2) is 4.67. The summed E-state index contributed by atoms with van der Waals surface area (Å²) in [5.41, 5.74) is 0.425. The van der Waals surface area contributed by atoms with Crippen LogP contribution in [0.15, 0.2) is 18.2 Å². The molecule has 1 rings (SSSR count). The molecule has 0 heterocycles. The van der Waals surface area contributed by atoms with Gasteiger partial charge in [0.2, 0.25) is 10.0 Å². The molecule has 1 aromatic rings. The van der Waals surface area contributed by atoms with Crippen molar-refractivity contribution >= 4 is 49.9 Å². The molecule has 0 aliphatic rings. The third-order valence-corrected chi connectivity index (χ3v) is 3.85. The molecule has 1 aromatic carbocycles. The van der Waals surface area contributed by atoms with Crippen molar-refractivity contribution in [3.05, 3.63) is 26.8 Å². The SMILES string of the molecule is CCS(=O)(=O)Nc1ccc(I)cc1Cl. The molecule has 0 unspecified atom stereocenters. The van der Waals surface area contributed by atoms with Gasteiger partial charge in [0.25, 0.3) is 0 Å². The van der Waals surface area contributed by atoms with Gasteiger partial charge in [0.1, 0.15) is 0 Å². The summed E-state index contributed by atoms with van der Waals surface area (Å²) in [4.78, 5) is 0. The van der Waals surface area contributed by atoms with Crippen LogP contribution in [-0.4, -0.2) is 14.2 Å². The molecule has 0 atom stereocenters. The van der Waals surface area contributed by atoms with E-state index in [1.165, 1.54) is 0 Å². The smallest absolute Gasteiger partial charge is 0.232 e. The normalized spacial score (nSPS) is 11.4. The van der Waals surface area contributed by atoms with Gasteiger partial charge < -0.3 is 0 Å². The second-order valence-electron chi connectivity index (χ2n) is 2.63. The molecule has 0 spiro atoms. The van der Waals surface area contributed by atoms with Gasteiger partial charge in [0, 0.05) is 3.57 Å². The molecule has 0 saturated carbocycles. The van der Waals surface area contributed by atoms with Crippen LogP contribution in [0.4, 0.5) is 5.69 Å². The van der Waals surface area contributed by atoms with E-state index in [0.29, 0.717) is 10.7 Å². The standard InChI is InChI=1S/C8H9ClINO2S/c1-2-14(12,13)11-8-4-3-6(10)5-7(8)9/h3-5,11H,2H2,1H3. The van der Waals surface area contributed by atoms with Crippen LogP contribution in [0.5, 0.6) is 0 Å². The predicted octanol–water partition coefficient (Wildman–Crippen LogP) is 2.71. The van der Waals surface area contributed by atoms with E-state index in [4.69, 9.17) is 11.6 Å². The zero-order chi connectivity index (χ0) is 10.8. The van der Waals surface area contributed by atoms with Gasteiger partial charge in [-0.2, -0.15) is 0 Å². The summed E-state index contributed by atoms with van der Waals surface area (Å²) in [6.45, 7) is 1.57. The van der Waals surface area contributed by atoms with Crippen molar-refractivity contribution in [3.63, 3.8) is 0 Å².